The van der Waals surface area contributed by atoms with Gasteiger partial charge in [0.2, 0.25) is 5.95 Å². The van der Waals surface area contributed by atoms with Crippen LogP contribution in [-0.4, -0.2) is 20.6 Å². The minimum absolute atomic E-state index is 0.00490. The largest absolute Gasteiger partial charge is 0.291 e. The van der Waals surface area contributed by atoms with Crippen LogP contribution in [0.15, 0.2) is 34.2 Å². The lowest BCUT2D eigenvalue weighted by Crippen LogP contribution is -2.18. The molecule has 1 aromatic carbocycles. The van der Waals surface area contributed by atoms with Crippen molar-refractivity contribution in [1.82, 2.24) is 9.97 Å². The Kier molecular flexibility index (Phi) is 5.99. The second-order valence-corrected chi connectivity index (χ2v) is 5.70. The van der Waals surface area contributed by atoms with Crippen LogP contribution in [0.25, 0.3) is 0 Å². The average molecular weight is 343 g/mol. The van der Waals surface area contributed by atoms with Crippen LogP contribution in [0, 0.1) is 17.0 Å². The Morgan fingerprint density at radius 2 is 2.20 bits per heavy atom. The number of nitro benzene ring substituents is 1. The van der Waals surface area contributed by atoms with Crippen molar-refractivity contribution in [1.29, 1.82) is 0 Å². The summed E-state index contributed by atoms with van der Waals surface area (Å²) in [6.07, 6.45) is 2.63. The molecule has 0 radical (unpaired) electrons. The molecule has 0 saturated carbocycles. The summed E-state index contributed by atoms with van der Waals surface area (Å²) in [5.41, 5.74) is 5.04. The lowest BCUT2D eigenvalue weighted by molar-refractivity contribution is -0.384. The Bertz CT molecular complexity index is 858. The number of unbranched alkanes of at least 4 members (excludes halogenated alkanes) is 1. The van der Waals surface area contributed by atoms with Gasteiger partial charge in [0, 0.05) is 29.0 Å². The molecular formula is C17H21N5O3. The van der Waals surface area contributed by atoms with Gasteiger partial charge >= 0.3 is 0 Å². The van der Waals surface area contributed by atoms with E-state index in [1.807, 2.05) is 0 Å². The second-order valence-electron chi connectivity index (χ2n) is 5.70. The molecule has 0 amide bonds. The molecule has 8 heteroatoms. The number of rotatable bonds is 7. The molecule has 0 saturated heterocycles. The van der Waals surface area contributed by atoms with E-state index in [0.717, 1.165) is 12.8 Å². The molecule has 0 spiro atoms. The van der Waals surface area contributed by atoms with Crippen LogP contribution in [0.1, 0.15) is 43.5 Å². The molecule has 0 fully saturated rings. The summed E-state index contributed by atoms with van der Waals surface area (Å²) in [6, 6.07) is 6.18. The fourth-order valence-corrected chi connectivity index (χ4v) is 2.36. The summed E-state index contributed by atoms with van der Waals surface area (Å²) >= 11 is 0. The summed E-state index contributed by atoms with van der Waals surface area (Å²) in [7, 11) is 0. The number of nitrogens with zero attached hydrogens (tertiary/aromatic N) is 3. The molecule has 2 N–H and O–H groups in total. The van der Waals surface area contributed by atoms with E-state index in [-0.39, 0.29) is 17.2 Å². The number of hydrogen-bond acceptors (Lipinski definition) is 6. The van der Waals surface area contributed by atoms with E-state index in [4.69, 9.17) is 0 Å². The van der Waals surface area contributed by atoms with E-state index < -0.39 is 4.92 Å². The zero-order chi connectivity index (χ0) is 18.4. The third-order valence-corrected chi connectivity index (χ3v) is 3.81. The summed E-state index contributed by atoms with van der Waals surface area (Å²) in [6.45, 7) is 5.58. The molecule has 2 rings (SSSR count). The minimum Gasteiger partial charge on any atom is -0.291 e. The Labute approximate surface area is 145 Å². The lowest BCUT2D eigenvalue weighted by Gasteiger charge is -2.07. The van der Waals surface area contributed by atoms with Gasteiger partial charge < -0.3 is 0 Å². The van der Waals surface area contributed by atoms with Crippen LogP contribution in [0.3, 0.4) is 0 Å². The van der Waals surface area contributed by atoms with Gasteiger partial charge in [0.1, 0.15) is 0 Å². The Morgan fingerprint density at radius 1 is 1.44 bits per heavy atom. The number of nitrogens with one attached hydrogen (secondary N) is 2. The average Bonchev–Trinajstić information content (AvgIpc) is 2.59. The fourth-order valence-electron chi connectivity index (χ4n) is 2.36. The summed E-state index contributed by atoms with van der Waals surface area (Å²) in [5.74, 6) is 0.243. The van der Waals surface area contributed by atoms with Gasteiger partial charge in [-0.3, -0.25) is 19.9 Å². The maximum atomic E-state index is 12.1. The highest BCUT2D eigenvalue weighted by molar-refractivity contribution is 5.99. The van der Waals surface area contributed by atoms with Gasteiger partial charge in [-0.05, 0) is 26.7 Å². The zero-order valence-electron chi connectivity index (χ0n) is 14.5. The quantitative estimate of drug-likeness (QED) is 0.455. The number of aromatic amines is 1. The number of hydrogen-bond donors (Lipinski definition) is 2. The molecule has 0 aliphatic heterocycles. The Balaban J connectivity index is 2.19. The smallest absolute Gasteiger partial charge is 0.270 e. The van der Waals surface area contributed by atoms with Crippen molar-refractivity contribution in [3.8, 4) is 0 Å². The number of aromatic nitrogens is 2. The van der Waals surface area contributed by atoms with E-state index in [2.05, 4.69) is 27.4 Å². The monoisotopic (exact) mass is 343 g/mol. The predicted molar refractivity (Wildman–Crippen MR) is 97.1 cm³/mol. The van der Waals surface area contributed by atoms with Crippen LogP contribution in [0.2, 0.25) is 0 Å². The molecule has 2 aromatic rings. The highest BCUT2D eigenvalue weighted by atomic mass is 16.6. The first-order valence-electron chi connectivity index (χ1n) is 8.07. The van der Waals surface area contributed by atoms with E-state index in [0.29, 0.717) is 29.0 Å². The van der Waals surface area contributed by atoms with E-state index in [1.165, 1.54) is 12.1 Å². The van der Waals surface area contributed by atoms with Gasteiger partial charge in [-0.15, -0.1) is 0 Å². The first kappa shape index (κ1) is 18.3. The molecule has 25 heavy (non-hydrogen) atoms. The number of aryl methyl sites for hydroxylation is 1. The summed E-state index contributed by atoms with van der Waals surface area (Å²) < 4.78 is 0. The van der Waals surface area contributed by atoms with Gasteiger partial charge in [0.05, 0.1) is 10.6 Å². The van der Waals surface area contributed by atoms with Gasteiger partial charge in [-0.1, -0.05) is 25.5 Å². The molecule has 0 bridgehead atoms. The van der Waals surface area contributed by atoms with E-state index >= 15 is 0 Å². The van der Waals surface area contributed by atoms with Gasteiger partial charge in [0.25, 0.3) is 11.2 Å². The highest BCUT2D eigenvalue weighted by Crippen LogP contribution is 2.14. The maximum absolute atomic E-state index is 12.1. The second kappa shape index (κ2) is 8.18. The topological polar surface area (TPSA) is 113 Å². The number of hydrazone groups is 1. The normalized spacial score (nSPS) is 11.4. The van der Waals surface area contributed by atoms with Crippen LogP contribution < -0.4 is 11.0 Å². The molecule has 132 valence electrons. The molecule has 8 nitrogen and oxygen atoms in total. The predicted octanol–water partition coefficient (Wildman–Crippen LogP) is 3.17. The number of H-pyrrole nitrogens is 1. The first-order chi connectivity index (χ1) is 11.9. The first-order valence-corrected chi connectivity index (χ1v) is 8.07. The summed E-state index contributed by atoms with van der Waals surface area (Å²) in [5, 5.41) is 15.0. The van der Waals surface area contributed by atoms with Gasteiger partial charge in [0.15, 0.2) is 0 Å². The van der Waals surface area contributed by atoms with Crippen LogP contribution in [0.5, 0.6) is 0 Å². The minimum atomic E-state index is -0.457. The van der Waals surface area contributed by atoms with Crippen molar-refractivity contribution in [3.05, 3.63) is 61.6 Å². The number of nitro groups is 1. The van der Waals surface area contributed by atoms with Crippen molar-refractivity contribution in [2.45, 2.75) is 40.0 Å². The maximum Gasteiger partial charge on any atom is 0.270 e. The van der Waals surface area contributed by atoms with Crippen molar-refractivity contribution in [2.24, 2.45) is 5.10 Å². The number of benzene rings is 1. The van der Waals surface area contributed by atoms with Crippen molar-refractivity contribution < 1.29 is 4.92 Å². The third-order valence-electron chi connectivity index (χ3n) is 3.81. The van der Waals surface area contributed by atoms with Crippen molar-refractivity contribution in [2.75, 3.05) is 5.43 Å². The lowest BCUT2D eigenvalue weighted by atomic mass is 10.1. The summed E-state index contributed by atoms with van der Waals surface area (Å²) in [4.78, 5) is 29.5. The van der Waals surface area contributed by atoms with Crippen LogP contribution in [-0.2, 0) is 6.42 Å². The fraction of sp³-hybridized carbons (Fsp3) is 0.353. The van der Waals surface area contributed by atoms with Gasteiger partial charge in [-0.2, -0.15) is 5.10 Å². The standard InChI is InChI=1S/C17H21N5O3/c1-4-5-9-15-12(3)18-17(19-16(15)23)21-20-11(2)13-7-6-8-14(10-13)22(24)25/h6-8,10H,4-5,9H2,1-3H3,(H2,18,19,21,23). The zero-order valence-corrected chi connectivity index (χ0v) is 14.5. The molecule has 0 aliphatic carbocycles. The molecule has 1 heterocycles. The van der Waals surface area contributed by atoms with Crippen molar-refractivity contribution in [3.63, 3.8) is 0 Å². The van der Waals surface area contributed by atoms with Gasteiger partial charge in [-0.25, -0.2) is 10.4 Å². The SMILES string of the molecule is CCCCc1c(C)nc(NN=C(C)c2cccc([N+](=O)[O-])c2)[nH]c1=O. The third kappa shape index (κ3) is 4.72. The number of anilines is 1. The molecule has 0 unspecified atom stereocenters. The molecule has 1 aromatic heterocycles. The highest BCUT2D eigenvalue weighted by Gasteiger charge is 2.09. The number of non-ortho nitro benzene ring substituents is 1. The van der Waals surface area contributed by atoms with Crippen LogP contribution in [0.4, 0.5) is 11.6 Å². The van der Waals surface area contributed by atoms with E-state index in [1.54, 1.807) is 26.0 Å². The molecule has 0 atom stereocenters. The van der Waals surface area contributed by atoms with Crippen molar-refractivity contribution >= 4 is 17.3 Å². The Hall–Kier alpha value is -3.03. The molecular weight excluding hydrogens is 322 g/mol. The Morgan fingerprint density at radius 3 is 2.84 bits per heavy atom. The molecule has 0 aliphatic rings. The van der Waals surface area contributed by atoms with E-state index in [9.17, 15) is 14.9 Å². The van der Waals surface area contributed by atoms with Crippen LogP contribution >= 0.6 is 0 Å².